The van der Waals surface area contributed by atoms with Gasteiger partial charge in [0.15, 0.2) is 0 Å². The van der Waals surface area contributed by atoms with E-state index in [1.54, 1.807) is 27.7 Å². The lowest BCUT2D eigenvalue weighted by molar-refractivity contribution is -0.124. The maximum Gasteiger partial charge on any atom is 0.108 e. The predicted octanol–water partition coefficient (Wildman–Crippen LogP) is -0.258. The summed E-state index contributed by atoms with van der Waals surface area (Å²) in [5.41, 5.74) is 0. The molecule has 0 spiro atoms. The molecule has 14 heavy (non-hydrogen) atoms. The molecule has 0 aromatic rings. The van der Waals surface area contributed by atoms with Gasteiger partial charge in [-0.2, -0.15) is 0 Å². The largest absolute Gasteiger partial charge is 0.390 e. The Morgan fingerprint density at radius 3 is 0.857 bits per heavy atom. The van der Waals surface area contributed by atoms with Gasteiger partial charge in [-0.3, -0.25) is 0 Å². The fourth-order valence-corrected chi connectivity index (χ4v) is 1.19. The molecule has 4 nitrogen and oxygen atoms in total. The first-order valence-electron chi connectivity index (χ1n) is 5.01. The van der Waals surface area contributed by atoms with Crippen molar-refractivity contribution in [3.05, 3.63) is 0 Å². The van der Waals surface area contributed by atoms with Crippen LogP contribution >= 0.6 is 0 Å². The summed E-state index contributed by atoms with van der Waals surface area (Å²) >= 11 is 0. The molecule has 0 heterocycles. The highest BCUT2D eigenvalue weighted by Crippen LogP contribution is 2.15. The molecule has 4 N–H and O–H groups in total. The Labute approximate surface area is 85.2 Å². The normalized spacial score (nSPS) is 21.0. The van der Waals surface area contributed by atoms with Crippen LogP contribution in [0, 0.1) is 11.8 Å². The third-order valence-corrected chi connectivity index (χ3v) is 2.42. The molecular weight excluding hydrogens is 184 g/mol. The summed E-state index contributed by atoms with van der Waals surface area (Å²) in [5, 5.41) is 38.0. The van der Waals surface area contributed by atoms with Crippen LogP contribution in [0.2, 0.25) is 0 Å². The summed E-state index contributed by atoms with van der Waals surface area (Å²) in [4.78, 5) is 0. The standard InChI is InChI=1S/C10H22O4/c1-5(2)7(11)9(13)10(14)8(12)6(3)4/h5-14H,1-4H3. The van der Waals surface area contributed by atoms with Gasteiger partial charge >= 0.3 is 0 Å². The molecule has 4 unspecified atom stereocenters. The van der Waals surface area contributed by atoms with E-state index < -0.39 is 24.4 Å². The first-order valence-corrected chi connectivity index (χ1v) is 5.01. The molecule has 0 radical (unpaired) electrons. The zero-order valence-corrected chi connectivity index (χ0v) is 9.25. The van der Waals surface area contributed by atoms with Gasteiger partial charge in [0.1, 0.15) is 12.2 Å². The van der Waals surface area contributed by atoms with Gasteiger partial charge in [0.05, 0.1) is 12.2 Å². The summed E-state index contributed by atoms with van der Waals surface area (Å²) < 4.78 is 0. The Morgan fingerprint density at radius 1 is 0.500 bits per heavy atom. The molecule has 0 saturated heterocycles. The van der Waals surface area contributed by atoms with E-state index in [2.05, 4.69) is 0 Å². The number of hydrogen-bond donors (Lipinski definition) is 4. The SMILES string of the molecule is CC(C)C(O)C(O)C(O)C(O)C(C)C. The van der Waals surface area contributed by atoms with E-state index in [1.807, 2.05) is 0 Å². The fourth-order valence-electron chi connectivity index (χ4n) is 1.19. The Kier molecular flexibility index (Phi) is 5.59. The Hall–Kier alpha value is -0.160. The van der Waals surface area contributed by atoms with Crippen LogP contribution in [0.15, 0.2) is 0 Å². The second-order valence-electron chi connectivity index (χ2n) is 4.45. The molecule has 0 aliphatic carbocycles. The van der Waals surface area contributed by atoms with Crippen LogP contribution < -0.4 is 0 Å². The van der Waals surface area contributed by atoms with Crippen molar-refractivity contribution in [1.29, 1.82) is 0 Å². The highest BCUT2D eigenvalue weighted by atomic mass is 16.4. The van der Waals surface area contributed by atoms with Crippen LogP contribution in [0.5, 0.6) is 0 Å². The van der Waals surface area contributed by atoms with Crippen LogP contribution in [0.1, 0.15) is 27.7 Å². The Balaban J connectivity index is 4.30. The van der Waals surface area contributed by atoms with Crippen molar-refractivity contribution in [2.75, 3.05) is 0 Å². The average molecular weight is 206 g/mol. The third-order valence-electron chi connectivity index (χ3n) is 2.42. The maximum absolute atomic E-state index is 9.52. The summed E-state index contributed by atoms with van der Waals surface area (Å²) in [6.07, 6.45) is -4.63. The van der Waals surface area contributed by atoms with Crippen molar-refractivity contribution < 1.29 is 20.4 Å². The van der Waals surface area contributed by atoms with Crippen molar-refractivity contribution in [1.82, 2.24) is 0 Å². The smallest absolute Gasteiger partial charge is 0.108 e. The summed E-state index contributed by atoms with van der Waals surface area (Å²) in [6, 6.07) is 0. The Morgan fingerprint density at radius 2 is 0.714 bits per heavy atom. The fraction of sp³-hybridized carbons (Fsp3) is 1.00. The van der Waals surface area contributed by atoms with Crippen molar-refractivity contribution in [2.24, 2.45) is 11.8 Å². The van der Waals surface area contributed by atoms with E-state index >= 15 is 0 Å². The monoisotopic (exact) mass is 206 g/mol. The van der Waals surface area contributed by atoms with Crippen molar-refractivity contribution in [3.63, 3.8) is 0 Å². The van der Waals surface area contributed by atoms with Gasteiger partial charge in [0.2, 0.25) is 0 Å². The molecule has 0 amide bonds. The van der Waals surface area contributed by atoms with E-state index in [9.17, 15) is 20.4 Å². The minimum atomic E-state index is -1.30. The number of rotatable bonds is 5. The highest BCUT2D eigenvalue weighted by Gasteiger charge is 2.32. The Bertz CT molecular complexity index is 140. The van der Waals surface area contributed by atoms with Gasteiger partial charge in [-0.25, -0.2) is 0 Å². The van der Waals surface area contributed by atoms with Crippen molar-refractivity contribution >= 4 is 0 Å². The molecule has 0 saturated carbocycles. The van der Waals surface area contributed by atoms with Crippen LogP contribution in [0.4, 0.5) is 0 Å². The third kappa shape index (κ3) is 3.53. The molecule has 0 aliphatic heterocycles. The van der Waals surface area contributed by atoms with Crippen LogP contribution in [0.3, 0.4) is 0 Å². The lowest BCUT2D eigenvalue weighted by Crippen LogP contribution is -2.47. The van der Waals surface area contributed by atoms with Gasteiger partial charge in [-0.15, -0.1) is 0 Å². The van der Waals surface area contributed by atoms with E-state index in [4.69, 9.17) is 0 Å². The maximum atomic E-state index is 9.52. The lowest BCUT2D eigenvalue weighted by atomic mass is 9.91. The minimum Gasteiger partial charge on any atom is -0.390 e. The quantitative estimate of drug-likeness (QED) is 0.500. The first kappa shape index (κ1) is 13.8. The zero-order chi connectivity index (χ0) is 11.5. The highest BCUT2D eigenvalue weighted by molar-refractivity contribution is 4.83. The summed E-state index contributed by atoms with van der Waals surface area (Å²) in [6.45, 7) is 6.95. The molecular formula is C10H22O4. The van der Waals surface area contributed by atoms with Crippen LogP contribution in [-0.4, -0.2) is 44.8 Å². The molecule has 4 heteroatoms. The molecule has 0 rings (SSSR count). The molecule has 0 bridgehead atoms. The molecule has 86 valence electrons. The van der Waals surface area contributed by atoms with Crippen LogP contribution in [-0.2, 0) is 0 Å². The summed E-state index contributed by atoms with van der Waals surface area (Å²) in [7, 11) is 0. The van der Waals surface area contributed by atoms with E-state index in [0.717, 1.165) is 0 Å². The number of aliphatic hydroxyl groups excluding tert-OH is 4. The molecule has 4 atom stereocenters. The second kappa shape index (κ2) is 5.66. The number of hydrogen-bond acceptors (Lipinski definition) is 4. The van der Waals surface area contributed by atoms with Gasteiger partial charge in [0, 0.05) is 0 Å². The number of aliphatic hydroxyl groups is 4. The van der Waals surface area contributed by atoms with Crippen molar-refractivity contribution in [2.45, 2.75) is 52.1 Å². The predicted molar refractivity (Wildman–Crippen MR) is 53.7 cm³/mol. The second-order valence-corrected chi connectivity index (χ2v) is 4.45. The first-order chi connectivity index (χ1) is 6.29. The van der Waals surface area contributed by atoms with Crippen LogP contribution in [0.25, 0.3) is 0 Å². The molecule has 0 aromatic carbocycles. The van der Waals surface area contributed by atoms with Gasteiger partial charge in [-0.05, 0) is 11.8 Å². The average Bonchev–Trinajstić information content (AvgIpc) is 2.12. The van der Waals surface area contributed by atoms with E-state index in [-0.39, 0.29) is 11.8 Å². The molecule has 0 aromatic heterocycles. The summed E-state index contributed by atoms with van der Waals surface area (Å²) in [5.74, 6) is -0.307. The van der Waals surface area contributed by atoms with E-state index in [1.165, 1.54) is 0 Å². The molecule has 0 fully saturated rings. The topological polar surface area (TPSA) is 80.9 Å². The molecule has 0 aliphatic rings. The van der Waals surface area contributed by atoms with Gasteiger partial charge < -0.3 is 20.4 Å². The van der Waals surface area contributed by atoms with Gasteiger partial charge in [0.25, 0.3) is 0 Å². The van der Waals surface area contributed by atoms with E-state index in [0.29, 0.717) is 0 Å². The minimum absolute atomic E-state index is 0.154. The van der Waals surface area contributed by atoms with Gasteiger partial charge in [-0.1, -0.05) is 27.7 Å². The zero-order valence-electron chi connectivity index (χ0n) is 9.25. The van der Waals surface area contributed by atoms with Crippen molar-refractivity contribution in [3.8, 4) is 0 Å². The lowest BCUT2D eigenvalue weighted by Gasteiger charge is -2.30.